The van der Waals surface area contributed by atoms with E-state index in [-0.39, 0.29) is 10.1 Å². The van der Waals surface area contributed by atoms with Crippen LogP contribution in [0.15, 0.2) is 34.3 Å². The maximum Gasteiger partial charge on any atom is 0.274 e. The molecule has 1 heterocycles. The summed E-state index contributed by atoms with van der Waals surface area (Å²) >= 11 is 11.4. The number of imide groups is 1. The number of hydrogen-bond donors (Lipinski definition) is 0. The standard InChI is InChI=1S/C13H11Cl2NO3/c1-7(8-3-5-9(19-2)6-4-8)16-12(17)10(14)11(15)13(16)18/h3-7H,1-2H3. The fourth-order valence-corrected chi connectivity index (χ4v) is 2.22. The Kier molecular flexibility index (Phi) is 3.83. The summed E-state index contributed by atoms with van der Waals surface area (Å²) in [5.41, 5.74) is 0.790. The first-order valence-electron chi connectivity index (χ1n) is 5.54. The third-order valence-corrected chi connectivity index (χ3v) is 3.79. The first kappa shape index (κ1) is 13.9. The third kappa shape index (κ3) is 2.33. The highest BCUT2D eigenvalue weighted by Gasteiger charge is 2.39. The number of benzene rings is 1. The number of carbonyl (C=O) groups excluding carboxylic acids is 2. The molecule has 0 aliphatic carbocycles. The quantitative estimate of drug-likeness (QED) is 0.806. The van der Waals surface area contributed by atoms with E-state index in [4.69, 9.17) is 27.9 Å². The molecule has 1 unspecified atom stereocenters. The molecule has 0 saturated heterocycles. The van der Waals surface area contributed by atoms with Gasteiger partial charge < -0.3 is 4.74 Å². The largest absolute Gasteiger partial charge is 0.497 e. The van der Waals surface area contributed by atoms with E-state index in [1.54, 1.807) is 38.3 Å². The summed E-state index contributed by atoms with van der Waals surface area (Å²) in [7, 11) is 1.56. The lowest BCUT2D eigenvalue weighted by atomic mass is 10.1. The van der Waals surface area contributed by atoms with Crippen molar-refractivity contribution in [2.24, 2.45) is 0 Å². The molecular weight excluding hydrogens is 289 g/mol. The Labute approximate surface area is 120 Å². The van der Waals surface area contributed by atoms with E-state index in [9.17, 15) is 9.59 Å². The van der Waals surface area contributed by atoms with Crippen LogP contribution in [0, 0.1) is 0 Å². The molecule has 100 valence electrons. The number of rotatable bonds is 3. The van der Waals surface area contributed by atoms with Crippen LogP contribution in [0.4, 0.5) is 0 Å². The first-order chi connectivity index (χ1) is 8.97. The van der Waals surface area contributed by atoms with Gasteiger partial charge in [-0.1, -0.05) is 35.3 Å². The van der Waals surface area contributed by atoms with Gasteiger partial charge in [-0.05, 0) is 24.6 Å². The van der Waals surface area contributed by atoms with E-state index in [1.807, 2.05) is 0 Å². The fourth-order valence-electron chi connectivity index (χ4n) is 1.87. The molecule has 1 aliphatic heterocycles. The highest BCUT2D eigenvalue weighted by molar-refractivity contribution is 6.58. The molecular formula is C13H11Cl2NO3. The average Bonchev–Trinajstić information content (AvgIpc) is 2.62. The van der Waals surface area contributed by atoms with Gasteiger partial charge in [0.25, 0.3) is 11.8 Å². The Balaban J connectivity index is 2.28. The predicted molar refractivity (Wildman–Crippen MR) is 72.0 cm³/mol. The van der Waals surface area contributed by atoms with E-state index in [0.717, 1.165) is 10.5 Å². The van der Waals surface area contributed by atoms with Gasteiger partial charge in [0.15, 0.2) is 0 Å². The zero-order valence-corrected chi connectivity index (χ0v) is 11.8. The van der Waals surface area contributed by atoms with E-state index in [2.05, 4.69) is 0 Å². The Morgan fingerprint density at radius 1 is 1.05 bits per heavy atom. The van der Waals surface area contributed by atoms with Crippen LogP contribution in [0.5, 0.6) is 5.75 Å². The van der Waals surface area contributed by atoms with Gasteiger partial charge in [-0.25, -0.2) is 0 Å². The zero-order chi connectivity index (χ0) is 14.2. The van der Waals surface area contributed by atoms with Crippen LogP contribution in [-0.2, 0) is 9.59 Å². The van der Waals surface area contributed by atoms with Crippen molar-refractivity contribution in [2.45, 2.75) is 13.0 Å². The number of methoxy groups -OCH3 is 1. The van der Waals surface area contributed by atoms with E-state index >= 15 is 0 Å². The maximum absolute atomic E-state index is 11.9. The minimum Gasteiger partial charge on any atom is -0.497 e. The summed E-state index contributed by atoms with van der Waals surface area (Å²) in [5.74, 6) is -0.441. The molecule has 0 N–H and O–H groups in total. The van der Waals surface area contributed by atoms with Crippen molar-refractivity contribution in [3.05, 3.63) is 39.9 Å². The van der Waals surface area contributed by atoms with Gasteiger partial charge in [-0.2, -0.15) is 0 Å². The lowest BCUT2D eigenvalue weighted by Crippen LogP contribution is -2.33. The minimum absolute atomic E-state index is 0.230. The highest BCUT2D eigenvalue weighted by atomic mass is 35.5. The number of halogens is 2. The van der Waals surface area contributed by atoms with E-state index in [0.29, 0.717) is 5.75 Å². The molecule has 0 fully saturated rings. The lowest BCUT2D eigenvalue weighted by molar-refractivity contribution is -0.139. The van der Waals surface area contributed by atoms with Crippen molar-refractivity contribution < 1.29 is 14.3 Å². The first-order valence-corrected chi connectivity index (χ1v) is 6.30. The summed E-state index contributed by atoms with van der Waals surface area (Å²) in [6, 6.07) is 6.63. The molecule has 1 atom stereocenters. The molecule has 1 aromatic carbocycles. The van der Waals surface area contributed by atoms with Gasteiger partial charge in [0.05, 0.1) is 13.2 Å². The SMILES string of the molecule is COc1ccc(C(C)N2C(=O)C(Cl)=C(Cl)C2=O)cc1. The Bertz CT molecular complexity index is 542. The molecule has 1 aromatic rings. The van der Waals surface area contributed by atoms with Crippen LogP contribution in [0.1, 0.15) is 18.5 Å². The average molecular weight is 300 g/mol. The second-order valence-electron chi connectivity index (χ2n) is 4.06. The van der Waals surface area contributed by atoms with Crippen molar-refractivity contribution in [3.63, 3.8) is 0 Å². The summed E-state index contributed by atoms with van der Waals surface area (Å²) in [5, 5.41) is -0.459. The van der Waals surface area contributed by atoms with Crippen molar-refractivity contribution >= 4 is 35.0 Å². The van der Waals surface area contributed by atoms with Gasteiger partial charge in [-0.3, -0.25) is 14.5 Å². The second kappa shape index (κ2) is 5.23. The second-order valence-corrected chi connectivity index (χ2v) is 4.81. The number of ether oxygens (including phenoxy) is 1. The zero-order valence-electron chi connectivity index (χ0n) is 10.3. The van der Waals surface area contributed by atoms with Crippen molar-refractivity contribution in [3.8, 4) is 5.75 Å². The molecule has 2 amide bonds. The van der Waals surface area contributed by atoms with Crippen LogP contribution in [-0.4, -0.2) is 23.8 Å². The molecule has 19 heavy (non-hydrogen) atoms. The van der Waals surface area contributed by atoms with Gasteiger partial charge in [-0.15, -0.1) is 0 Å². The minimum atomic E-state index is -0.569. The third-order valence-electron chi connectivity index (χ3n) is 2.99. The number of nitrogens with zero attached hydrogens (tertiary/aromatic N) is 1. The highest BCUT2D eigenvalue weighted by Crippen LogP contribution is 2.33. The van der Waals surface area contributed by atoms with Crippen molar-refractivity contribution in [1.82, 2.24) is 4.90 Å². The fraction of sp³-hybridized carbons (Fsp3) is 0.231. The molecule has 0 radical (unpaired) electrons. The van der Waals surface area contributed by atoms with Crippen LogP contribution in [0.2, 0.25) is 0 Å². The van der Waals surface area contributed by atoms with Crippen LogP contribution in [0.3, 0.4) is 0 Å². The molecule has 2 rings (SSSR count). The predicted octanol–water partition coefficient (Wildman–Crippen LogP) is 2.81. The molecule has 0 saturated carbocycles. The van der Waals surface area contributed by atoms with Gasteiger partial charge >= 0.3 is 0 Å². The Morgan fingerprint density at radius 2 is 1.53 bits per heavy atom. The maximum atomic E-state index is 11.9. The molecule has 0 spiro atoms. The summed E-state index contributed by atoms with van der Waals surface area (Å²) in [6.07, 6.45) is 0. The summed E-state index contributed by atoms with van der Waals surface area (Å²) in [4.78, 5) is 24.8. The molecule has 0 aromatic heterocycles. The van der Waals surface area contributed by atoms with Crippen LogP contribution in [0.25, 0.3) is 0 Å². The Hall–Kier alpha value is -1.52. The van der Waals surface area contributed by atoms with Crippen molar-refractivity contribution in [2.75, 3.05) is 7.11 Å². The van der Waals surface area contributed by atoms with Crippen molar-refractivity contribution in [1.29, 1.82) is 0 Å². The van der Waals surface area contributed by atoms with Gasteiger partial charge in [0, 0.05) is 0 Å². The molecule has 1 aliphatic rings. The topological polar surface area (TPSA) is 46.6 Å². The molecule has 0 bridgehead atoms. The molecule has 4 nitrogen and oxygen atoms in total. The summed E-state index contributed by atoms with van der Waals surface area (Å²) in [6.45, 7) is 1.73. The van der Waals surface area contributed by atoms with Gasteiger partial charge in [0.2, 0.25) is 0 Å². The number of hydrogen-bond acceptors (Lipinski definition) is 3. The lowest BCUT2D eigenvalue weighted by Gasteiger charge is -2.23. The smallest absolute Gasteiger partial charge is 0.274 e. The number of amides is 2. The monoisotopic (exact) mass is 299 g/mol. The van der Waals surface area contributed by atoms with Gasteiger partial charge in [0.1, 0.15) is 15.8 Å². The summed E-state index contributed by atoms with van der Waals surface area (Å²) < 4.78 is 5.05. The van der Waals surface area contributed by atoms with Crippen LogP contribution >= 0.6 is 23.2 Å². The Morgan fingerprint density at radius 3 is 1.95 bits per heavy atom. The van der Waals surface area contributed by atoms with E-state index in [1.165, 1.54) is 0 Å². The van der Waals surface area contributed by atoms with Crippen LogP contribution < -0.4 is 4.74 Å². The number of carbonyl (C=O) groups is 2. The van der Waals surface area contributed by atoms with E-state index < -0.39 is 17.9 Å². The normalized spacial score (nSPS) is 17.2. The molecule has 6 heteroatoms.